The van der Waals surface area contributed by atoms with Crippen LogP contribution in [-0.2, 0) is 9.53 Å². The summed E-state index contributed by atoms with van der Waals surface area (Å²) in [6.45, 7) is 7.42. The first-order valence-corrected chi connectivity index (χ1v) is 5.60. The van der Waals surface area contributed by atoms with Crippen LogP contribution < -0.4 is 5.32 Å². The Labute approximate surface area is 92.0 Å². The van der Waals surface area contributed by atoms with Gasteiger partial charge in [0.15, 0.2) is 0 Å². The first-order chi connectivity index (χ1) is 7.07. The van der Waals surface area contributed by atoms with E-state index in [1.54, 1.807) is 0 Å². The largest absolute Gasteiger partial charge is 0.391 e. The molecular weight excluding hydrogens is 194 g/mol. The molecule has 1 amide bonds. The van der Waals surface area contributed by atoms with Gasteiger partial charge in [0.25, 0.3) is 0 Å². The highest BCUT2D eigenvalue weighted by atomic mass is 16.5. The van der Waals surface area contributed by atoms with Gasteiger partial charge in [0, 0.05) is 26.2 Å². The molecule has 0 aromatic heterocycles. The molecule has 0 bridgehead atoms. The van der Waals surface area contributed by atoms with E-state index in [1.807, 2.05) is 20.8 Å². The molecule has 0 aliphatic rings. The Hall–Kier alpha value is -0.610. The quantitative estimate of drug-likeness (QED) is 0.595. The van der Waals surface area contributed by atoms with Crippen LogP contribution in [0.2, 0.25) is 0 Å². The van der Waals surface area contributed by atoms with Crippen LogP contribution in [0.3, 0.4) is 0 Å². The van der Waals surface area contributed by atoms with Crippen LogP contribution in [0, 0.1) is 5.92 Å². The van der Waals surface area contributed by atoms with Crippen molar-refractivity contribution in [2.75, 3.05) is 19.8 Å². The number of amides is 1. The molecule has 90 valence electrons. The maximum Gasteiger partial charge on any atom is 0.220 e. The van der Waals surface area contributed by atoms with Crippen LogP contribution >= 0.6 is 0 Å². The predicted molar refractivity (Wildman–Crippen MR) is 59.6 cm³/mol. The molecule has 0 aromatic rings. The van der Waals surface area contributed by atoms with E-state index in [-0.39, 0.29) is 11.8 Å². The fourth-order valence-electron chi connectivity index (χ4n) is 1.02. The molecule has 0 aliphatic carbocycles. The summed E-state index contributed by atoms with van der Waals surface area (Å²) in [5, 5.41) is 12.1. The van der Waals surface area contributed by atoms with Crippen LogP contribution in [0.25, 0.3) is 0 Å². The first kappa shape index (κ1) is 14.4. The Morgan fingerprint density at radius 1 is 1.47 bits per heavy atom. The highest BCUT2D eigenvalue weighted by Gasteiger charge is 2.10. The molecular formula is C11H23NO3. The van der Waals surface area contributed by atoms with Crippen LogP contribution in [0.5, 0.6) is 0 Å². The van der Waals surface area contributed by atoms with Crippen LogP contribution in [0.4, 0.5) is 0 Å². The Kier molecular flexibility index (Phi) is 8.33. The van der Waals surface area contributed by atoms with Crippen molar-refractivity contribution in [1.82, 2.24) is 5.32 Å². The molecule has 0 saturated heterocycles. The van der Waals surface area contributed by atoms with E-state index in [0.717, 1.165) is 6.42 Å². The van der Waals surface area contributed by atoms with Gasteiger partial charge in [-0.15, -0.1) is 0 Å². The van der Waals surface area contributed by atoms with Gasteiger partial charge >= 0.3 is 0 Å². The van der Waals surface area contributed by atoms with Crippen molar-refractivity contribution in [2.45, 2.75) is 39.7 Å². The third-order valence-electron chi connectivity index (χ3n) is 2.17. The average molecular weight is 217 g/mol. The van der Waals surface area contributed by atoms with Crippen molar-refractivity contribution in [1.29, 1.82) is 0 Å². The molecule has 0 aromatic carbocycles. The monoisotopic (exact) mass is 217 g/mol. The topological polar surface area (TPSA) is 58.6 Å². The van der Waals surface area contributed by atoms with Gasteiger partial charge < -0.3 is 15.2 Å². The molecule has 0 fully saturated rings. The van der Waals surface area contributed by atoms with Crippen molar-refractivity contribution in [3.05, 3.63) is 0 Å². The number of aliphatic hydroxyl groups excluding tert-OH is 1. The summed E-state index contributed by atoms with van der Waals surface area (Å²) in [5.74, 6) is 0.156. The molecule has 4 heteroatoms. The van der Waals surface area contributed by atoms with Crippen LogP contribution in [-0.4, -0.2) is 36.9 Å². The maximum atomic E-state index is 11.3. The molecule has 2 N–H and O–H groups in total. The molecule has 0 rings (SSSR count). The van der Waals surface area contributed by atoms with E-state index in [1.165, 1.54) is 0 Å². The smallest absolute Gasteiger partial charge is 0.220 e. The first-order valence-electron chi connectivity index (χ1n) is 5.60. The lowest BCUT2D eigenvalue weighted by molar-refractivity contribution is -0.122. The average Bonchev–Trinajstić information content (AvgIpc) is 2.20. The van der Waals surface area contributed by atoms with Gasteiger partial charge in [0.05, 0.1) is 6.10 Å². The number of carbonyl (C=O) groups excluding carboxylic acids is 1. The number of aliphatic hydroxyl groups is 1. The number of rotatable bonds is 8. The lowest BCUT2D eigenvalue weighted by Gasteiger charge is -2.14. The standard InChI is InChI=1S/C11H23NO3/c1-4-15-7-5-6-11(14)12-8-10(13)9(2)3/h9-10,13H,4-8H2,1-3H3,(H,12,14). The van der Waals surface area contributed by atoms with Crippen molar-refractivity contribution >= 4 is 5.91 Å². The molecule has 0 spiro atoms. The highest BCUT2D eigenvalue weighted by molar-refractivity contribution is 5.75. The zero-order valence-electron chi connectivity index (χ0n) is 9.95. The molecule has 1 unspecified atom stereocenters. The van der Waals surface area contributed by atoms with Crippen LogP contribution in [0.1, 0.15) is 33.6 Å². The van der Waals surface area contributed by atoms with Crippen molar-refractivity contribution in [3.8, 4) is 0 Å². The summed E-state index contributed by atoms with van der Waals surface area (Å²) in [4.78, 5) is 11.3. The minimum Gasteiger partial charge on any atom is -0.391 e. The third-order valence-corrected chi connectivity index (χ3v) is 2.17. The zero-order valence-corrected chi connectivity index (χ0v) is 9.95. The second kappa shape index (κ2) is 8.68. The number of hydrogen-bond acceptors (Lipinski definition) is 3. The fraction of sp³-hybridized carbons (Fsp3) is 0.909. The van der Waals surface area contributed by atoms with Gasteiger partial charge in [-0.05, 0) is 19.3 Å². The van der Waals surface area contributed by atoms with E-state index in [0.29, 0.717) is 26.2 Å². The summed E-state index contributed by atoms with van der Waals surface area (Å²) in [6, 6.07) is 0. The number of carbonyl (C=O) groups is 1. The summed E-state index contributed by atoms with van der Waals surface area (Å²) < 4.78 is 5.12. The molecule has 4 nitrogen and oxygen atoms in total. The Morgan fingerprint density at radius 2 is 2.13 bits per heavy atom. The van der Waals surface area contributed by atoms with E-state index in [4.69, 9.17) is 4.74 Å². The molecule has 0 radical (unpaired) electrons. The Morgan fingerprint density at radius 3 is 2.67 bits per heavy atom. The predicted octanol–water partition coefficient (Wildman–Crippen LogP) is 0.936. The lowest BCUT2D eigenvalue weighted by atomic mass is 10.1. The molecule has 0 heterocycles. The molecule has 0 saturated carbocycles. The van der Waals surface area contributed by atoms with E-state index >= 15 is 0 Å². The normalized spacial score (nSPS) is 12.9. The van der Waals surface area contributed by atoms with Crippen LogP contribution in [0.15, 0.2) is 0 Å². The lowest BCUT2D eigenvalue weighted by Crippen LogP contribution is -2.34. The van der Waals surface area contributed by atoms with Crippen molar-refractivity contribution in [2.24, 2.45) is 5.92 Å². The minimum atomic E-state index is -0.458. The van der Waals surface area contributed by atoms with Crippen molar-refractivity contribution in [3.63, 3.8) is 0 Å². The van der Waals surface area contributed by atoms with Crippen molar-refractivity contribution < 1.29 is 14.6 Å². The summed E-state index contributed by atoms with van der Waals surface area (Å²) in [7, 11) is 0. The summed E-state index contributed by atoms with van der Waals surface area (Å²) >= 11 is 0. The van der Waals surface area contributed by atoms with Gasteiger partial charge in [-0.3, -0.25) is 4.79 Å². The zero-order chi connectivity index (χ0) is 11.7. The summed E-state index contributed by atoms with van der Waals surface area (Å²) in [5.41, 5.74) is 0. The van der Waals surface area contributed by atoms with Gasteiger partial charge in [-0.25, -0.2) is 0 Å². The summed E-state index contributed by atoms with van der Waals surface area (Å²) in [6.07, 6.45) is 0.739. The third kappa shape index (κ3) is 8.39. The second-order valence-electron chi connectivity index (χ2n) is 3.92. The number of ether oxygens (including phenoxy) is 1. The van der Waals surface area contributed by atoms with E-state index in [9.17, 15) is 9.90 Å². The highest BCUT2D eigenvalue weighted by Crippen LogP contribution is 1.99. The molecule has 1 atom stereocenters. The number of nitrogens with one attached hydrogen (secondary N) is 1. The minimum absolute atomic E-state index is 0.0191. The Balaban J connectivity index is 3.41. The second-order valence-corrected chi connectivity index (χ2v) is 3.92. The number of hydrogen-bond donors (Lipinski definition) is 2. The van der Waals surface area contributed by atoms with Gasteiger partial charge in [0.2, 0.25) is 5.91 Å². The van der Waals surface area contributed by atoms with E-state index in [2.05, 4.69) is 5.32 Å². The molecule has 15 heavy (non-hydrogen) atoms. The fourth-order valence-corrected chi connectivity index (χ4v) is 1.02. The van der Waals surface area contributed by atoms with E-state index < -0.39 is 6.10 Å². The van der Waals surface area contributed by atoms with Gasteiger partial charge in [0.1, 0.15) is 0 Å². The SMILES string of the molecule is CCOCCCC(=O)NCC(O)C(C)C. The molecule has 0 aliphatic heterocycles. The Bertz CT molecular complexity index is 171. The maximum absolute atomic E-state index is 11.3. The van der Waals surface area contributed by atoms with Gasteiger partial charge in [-0.1, -0.05) is 13.8 Å². The van der Waals surface area contributed by atoms with Gasteiger partial charge in [-0.2, -0.15) is 0 Å².